The Morgan fingerprint density at radius 2 is 1.90 bits per heavy atom. The van der Waals surface area contributed by atoms with Gasteiger partial charge in [-0.2, -0.15) is 0 Å². The molecule has 30 heavy (non-hydrogen) atoms. The van der Waals surface area contributed by atoms with Gasteiger partial charge < -0.3 is 14.8 Å². The van der Waals surface area contributed by atoms with E-state index in [2.05, 4.69) is 5.32 Å². The third-order valence-corrected chi connectivity index (χ3v) is 6.16. The minimum Gasteiger partial charge on any atom is -0.497 e. The van der Waals surface area contributed by atoms with Crippen LogP contribution in [-0.2, 0) is 14.8 Å². The van der Waals surface area contributed by atoms with Crippen LogP contribution in [0.5, 0.6) is 11.5 Å². The molecule has 0 saturated carbocycles. The van der Waals surface area contributed by atoms with Crippen LogP contribution in [-0.4, -0.2) is 39.8 Å². The van der Waals surface area contributed by atoms with Gasteiger partial charge in [-0.15, -0.1) is 0 Å². The van der Waals surface area contributed by atoms with Crippen molar-refractivity contribution in [2.45, 2.75) is 38.8 Å². The van der Waals surface area contributed by atoms with Crippen LogP contribution in [0.25, 0.3) is 0 Å². The van der Waals surface area contributed by atoms with E-state index >= 15 is 0 Å². The predicted molar refractivity (Wildman–Crippen MR) is 117 cm³/mol. The summed E-state index contributed by atoms with van der Waals surface area (Å²) in [7, 11) is -2.06. The first-order valence-electron chi connectivity index (χ1n) is 9.69. The quantitative estimate of drug-likeness (QED) is 0.758. The molecule has 1 heterocycles. The van der Waals surface area contributed by atoms with E-state index in [0.717, 1.165) is 21.7 Å². The monoisotopic (exact) mass is 432 g/mol. The van der Waals surface area contributed by atoms with Crippen molar-refractivity contribution < 1.29 is 22.7 Å². The lowest BCUT2D eigenvalue weighted by Gasteiger charge is -2.38. The number of rotatable bonds is 6. The van der Waals surface area contributed by atoms with Crippen LogP contribution < -0.4 is 19.1 Å². The Morgan fingerprint density at radius 3 is 2.50 bits per heavy atom. The molecule has 0 aromatic heterocycles. The highest BCUT2D eigenvalue weighted by Gasteiger charge is 2.35. The summed E-state index contributed by atoms with van der Waals surface area (Å²) < 4.78 is 37.1. The molecule has 8 heteroatoms. The van der Waals surface area contributed by atoms with Gasteiger partial charge in [-0.1, -0.05) is 17.7 Å². The summed E-state index contributed by atoms with van der Waals surface area (Å²) in [4.78, 5) is 12.9. The number of aryl methyl sites for hydroxylation is 1. The van der Waals surface area contributed by atoms with Crippen molar-refractivity contribution in [2.75, 3.05) is 24.2 Å². The molecule has 1 amide bonds. The number of hydrogen-bond acceptors (Lipinski definition) is 5. The lowest BCUT2D eigenvalue weighted by atomic mass is 9.89. The first kappa shape index (κ1) is 22.0. The lowest BCUT2D eigenvalue weighted by Crippen LogP contribution is -2.45. The molecule has 162 valence electrons. The molecule has 0 fully saturated rings. The Morgan fingerprint density at radius 1 is 1.23 bits per heavy atom. The molecule has 7 nitrogen and oxygen atoms in total. The number of benzene rings is 2. The van der Waals surface area contributed by atoms with Crippen LogP contribution in [0.15, 0.2) is 42.5 Å². The summed E-state index contributed by atoms with van der Waals surface area (Å²) in [6.45, 7) is 5.52. The maximum absolute atomic E-state index is 12.9. The third-order valence-electron chi connectivity index (χ3n) is 5.02. The maximum Gasteiger partial charge on any atom is 0.241 e. The SMILES string of the molecule is COc1ccc2c(c1)C(NC(=O)CN(c1ccc(C)cc1)S(C)(=O)=O)CC(C)(C)O2. The Kier molecular flexibility index (Phi) is 5.99. The molecule has 2 aromatic rings. The van der Waals surface area contributed by atoms with Crippen LogP contribution in [0.3, 0.4) is 0 Å². The predicted octanol–water partition coefficient (Wildman–Crippen LogP) is 3.19. The Balaban J connectivity index is 1.84. The third kappa shape index (κ3) is 5.05. The highest BCUT2D eigenvalue weighted by molar-refractivity contribution is 7.92. The van der Waals surface area contributed by atoms with Crippen molar-refractivity contribution in [3.8, 4) is 11.5 Å². The maximum atomic E-state index is 12.9. The van der Waals surface area contributed by atoms with E-state index in [4.69, 9.17) is 9.47 Å². The molecule has 0 saturated heterocycles. The Hall–Kier alpha value is -2.74. The number of carbonyl (C=O) groups excluding carboxylic acids is 1. The van der Waals surface area contributed by atoms with E-state index in [1.54, 1.807) is 19.2 Å². The molecule has 3 rings (SSSR count). The second-order valence-electron chi connectivity index (χ2n) is 8.19. The minimum absolute atomic E-state index is 0.307. The number of ether oxygens (including phenoxy) is 2. The summed E-state index contributed by atoms with van der Waals surface area (Å²) >= 11 is 0. The number of anilines is 1. The molecule has 0 bridgehead atoms. The zero-order valence-corrected chi connectivity index (χ0v) is 18.7. The summed E-state index contributed by atoms with van der Waals surface area (Å²) in [6, 6.07) is 12.2. The number of fused-ring (bicyclic) bond motifs is 1. The van der Waals surface area contributed by atoms with Gasteiger partial charge in [0.25, 0.3) is 0 Å². The molecule has 1 unspecified atom stereocenters. The summed E-state index contributed by atoms with van der Waals surface area (Å²) in [6.07, 6.45) is 1.64. The van der Waals surface area contributed by atoms with Gasteiger partial charge in [0.2, 0.25) is 15.9 Å². The number of nitrogens with one attached hydrogen (secondary N) is 1. The lowest BCUT2D eigenvalue weighted by molar-refractivity contribution is -0.120. The standard InChI is InChI=1S/C22H28N2O5S/c1-15-6-8-16(9-7-15)24(30(5,26)27)14-21(25)23-19-13-22(2,3)29-20-11-10-17(28-4)12-18(19)20/h6-12,19H,13-14H2,1-5H3,(H,23,25). The summed E-state index contributed by atoms with van der Waals surface area (Å²) in [5.74, 6) is 0.946. The van der Waals surface area contributed by atoms with E-state index in [-0.39, 0.29) is 12.6 Å². The Labute approximate surface area is 178 Å². The first-order valence-corrected chi connectivity index (χ1v) is 11.5. The summed E-state index contributed by atoms with van der Waals surface area (Å²) in [5.41, 5.74) is 1.79. The summed E-state index contributed by atoms with van der Waals surface area (Å²) in [5, 5.41) is 2.99. The fraction of sp³-hybridized carbons (Fsp3) is 0.409. The van der Waals surface area contributed by atoms with E-state index in [1.165, 1.54) is 0 Å². The molecule has 2 aromatic carbocycles. The number of nitrogens with zero attached hydrogens (tertiary/aromatic N) is 1. The number of amides is 1. The van der Waals surface area contributed by atoms with E-state index < -0.39 is 21.5 Å². The zero-order valence-electron chi connectivity index (χ0n) is 17.9. The van der Waals surface area contributed by atoms with Gasteiger partial charge in [0.1, 0.15) is 23.6 Å². The van der Waals surface area contributed by atoms with Gasteiger partial charge in [-0.05, 0) is 51.1 Å². The largest absolute Gasteiger partial charge is 0.497 e. The molecule has 0 spiro atoms. The van der Waals surface area contributed by atoms with E-state index in [9.17, 15) is 13.2 Å². The molecule has 1 aliphatic rings. The number of hydrogen-bond donors (Lipinski definition) is 1. The van der Waals surface area contributed by atoms with Gasteiger partial charge in [-0.25, -0.2) is 8.42 Å². The van der Waals surface area contributed by atoms with E-state index in [0.29, 0.717) is 23.6 Å². The van der Waals surface area contributed by atoms with Crippen LogP contribution in [0.2, 0.25) is 0 Å². The van der Waals surface area contributed by atoms with Crippen LogP contribution in [0.4, 0.5) is 5.69 Å². The van der Waals surface area contributed by atoms with Crippen molar-refractivity contribution in [1.82, 2.24) is 5.32 Å². The van der Waals surface area contributed by atoms with Crippen molar-refractivity contribution >= 4 is 21.6 Å². The fourth-order valence-corrected chi connectivity index (χ4v) is 4.43. The van der Waals surface area contributed by atoms with Gasteiger partial charge in [0, 0.05) is 12.0 Å². The van der Waals surface area contributed by atoms with Crippen molar-refractivity contribution in [2.24, 2.45) is 0 Å². The molecule has 1 atom stereocenters. The fourth-order valence-electron chi connectivity index (χ4n) is 3.57. The second-order valence-corrected chi connectivity index (χ2v) is 10.1. The number of carbonyl (C=O) groups is 1. The van der Waals surface area contributed by atoms with Crippen LogP contribution in [0, 0.1) is 6.92 Å². The molecular formula is C22H28N2O5S. The average Bonchev–Trinajstić information content (AvgIpc) is 2.65. The van der Waals surface area contributed by atoms with Crippen molar-refractivity contribution in [1.29, 1.82) is 0 Å². The van der Waals surface area contributed by atoms with Gasteiger partial charge in [0.05, 0.1) is 25.1 Å². The normalized spacial score (nSPS) is 17.4. The Bertz CT molecular complexity index is 1030. The van der Waals surface area contributed by atoms with Crippen LogP contribution in [0.1, 0.15) is 37.4 Å². The highest BCUT2D eigenvalue weighted by Crippen LogP contribution is 2.41. The smallest absolute Gasteiger partial charge is 0.241 e. The molecule has 0 aliphatic carbocycles. The van der Waals surface area contributed by atoms with Crippen molar-refractivity contribution in [3.05, 3.63) is 53.6 Å². The van der Waals surface area contributed by atoms with E-state index in [1.807, 2.05) is 51.1 Å². The molecular weight excluding hydrogens is 404 g/mol. The second kappa shape index (κ2) is 8.18. The number of sulfonamides is 1. The molecule has 1 aliphatic heterocycles. The number of methoxy groups -OCH3 is 1. The minimum atomic E-state index is -3.63. The van der Waals surface area contributed by atoms with Crippen LogP contribution >= 0.6 is 0 Å². The highest BCUT2D eigenvalue weighted by atomic mass is 32.2. The molecule has 0 radical (unpaired) electrons. The first-order chi connectivity index (χ1) is 14.0. The van der Waals surface area contributed by atoms with Gasteiger partial charge in [0.15, 0.2) is 0 Å². The van der Waals surface area contributed by atoms with Crippen molar-refractivity contribution in [3.63, 3.8) is 0 Å². The average molecular weight is 433 g/mol. The van der Waals surface area contributed by atoms with Gasteiger partial charge >= 0.3 is 0 Å². The zero-order chi connectivity index (χ0) is 22.1. The molecule has 1 N–H and O–H groups in total. The van der Waals surface area contributed by atoms with Gasteiger partial charge in [-0.3, -0.25) is 9.10 Å². The topological polar surface area (TPSA) is 84.9 Å².